The van der Waals surface area contributed by atoms with E-state index in [0.29, 0.717) is 22.7 Å². The zero-order valence-corrected chi connectivity index (χ0v) is 11.4. The Balaban J connectivity index is 2.07. The Morgan fingerprint density at radius 2 is 1.95 bits per heavy atom. The largest absolute Gasteiger partial charge is 0.395 e. The number of halogens is 1. The van der Waals surface area contributed by atoms with Gasteiger partial charge in [0, 0.05) is 24.2 Å². The monoisotopic (exact) mass is 286 g/mol. The lowest BCUT2D eigenvalue weighted by Crippen LogP contribution is -2.02. The Bertz CT molecular complexity index is 789. The highest BCUT2D eigenvalue weighted by atomic mass is 35.5. The third-order valence-corrected chi connectivity index (χ3v) is 3.06. The van der Waals surface area contributed by atoms with E-state index in [1.54, 1.807) is 18.6 Å². The minimum absolute atomic E-state index is 0.178. The summed E-state index contributed by atoms with van der Waals surface area (Å²) in [6.07, 6.45) is 4.88. The highest BCUT2D eigenvalue weighted by molar-refractivity contribution is 6.28. The van der Waals surface area contributed by atoms with E-state index in [2.05, 4.69) is 25.3 Å². The summed E-state index contributed by atoms with van der Waals surface area (Å²) in [6.45, 7) is 1.88. The average molecular weight is 287 g/mol. The lowest BCUT2D eigenvalue weighted by molar-refractivity contribution is 1.13. The Labute approximate surface area is 120 Å². The maximum Gasteiger partial charge on any atom is 0.224 e. The molecule has 2 aromatic heterocycles. The van der Waals surface area contributed by atoms with E-state index in [1.165, 1.54) is 0 Å². The molecule has 0 unspecified atom stereocenters. The SMILES string of the molecule is Cc1cnc(Cl)nc1Nc1ccc2nccnc2c1N. The van der Waals surface area contributed by atoms with E-state index in [1.807, 2.05) is 19.1 Å². The normalized spacial score (nSPS) is 10.7. The van der Waals surface area contributed by atoms with Gasteiger partial charge in [0.1, 0.15) is 11.3 Å². The van der Waals surface area contributed by atoms with Crippen molar-refractivity contribution in [2.24, 2.45) is 0 Å². The van der Waals surface area contributed by atoms with Crippen LogP contribution in [0.2, 0.25) is 5.28 Å². The van der Waals surface area contributed by atoms with Crippen molar-refractivity contribution in [2.75, 3.05) is 11.1 Å². The van der Waals surface area contributed by atoms with Crippen LogP contribution in [0.5, 0.6) is 0 Å². The van der Waals surface area contributed by atoms with Crippen molar-refractivity contribution >= 4 is 39.8 Å². The van der Waals surface area contributed by atoms with Crippen LogP contribution < -0.4 is 11.1 Å². The van der Waals surface area contributed by atoms with E-state index < -0.39 is 0 Å². The molecule has 0 fully saturated rings. The summed E-state index contributed by atoms with van der Waals surface area (Å²) in [5, 5.41) is 3.32. The lowest BCUT2D eigenvalue weighted by Gasteiger charge is -2.11. The molecule has 0 radical (unpaired) electrons. The number of nitrogens with one attached hydrogen (secondary N) is 1. The highest BCUT2D eigenvalue weighted by Gasteiger charge is 2.09. The molecule has 0 aliphatic rings. The van der Waals surface area contributed by atoms with Crippen LogP contribution in [0.3, 0.4) is 0 Å². The summed E-state index contributed by atoms with van der Waals surface area (Å²) in [4.78, 5) is 16.5. The van der Waals surface area contributed by atoms with E-state index >= 15 is 0 Å². The molecule has 20 heavy (non-hydrogen) atoms. The second kappa shape index (κ2) is 4.90. The van der Waals surface area contributed by atoms with Gasteiger partial charge in [0.05, 0.1) is 16.9 Å². The molecular formula is C13H11ClN6. The maximum absolute atomic E-state index is 6.11. The molecule has 1 aromatic carbocycles. The first kappa shape index (κ1) is 12.6. The fourth-order valence-electron chi connectivity index (χ4n) is 1.84. The molecule has 0 spiro atoms. The van der Waals surface area contributed by atoms with Crippen LogP contribution in [0.4, 0.5) is 17.2 Å². The number of aromatic nitrogens is 4. The smallest absolute Gasteiger partial charge is 0.224 e. The zero-order chi connectivity index (χ0) is 14.1. The second-order valence-electron chi connectivity index (χ2n) is 4.25. The van der Waals surface area contributed by atoms with Crippen LogP contribution in [0.25, 0.3) is 11.0 Å². The minimum atomic E-state index is 0.178. The molecule has 0 saturated carbocycles. The van der Waals surface area contributed by atoms with Crippen LogP contribution in [-0.2, 0) is 0 Å². The Hall–Kier alpha value is -2.47. The van der Waals surface area contributed by atoms with Crippen molar-refractivity contribution < 1.29 is 0 Å². The number of rotatable bonds is 2. The summed E-state index contributed by atoms with van der Waals surface area (Å²) in [5.41, 5.74) is 9.60. The molecular weight excluding hydrogens is 276 g/mol. The number of nitrogens with two attached hydrogens (primary N) is 1. The molecule has 6 nitrogen and oxygen atoms in total. The maximum atomic E-state index is 6.11. The van der Waals surface area contributed by atoms with Gasteiger partial charge in [-0.1, -0.05) is 0 Å². The molecule has 3 N–H and O–H groups in total. The third-order valence-electron chi connectivity index (χ3n) is 2.88. The van der Waals surface area contributed by atoms with Crippen molar-refractivity contribution in [3.63, 3.8) is 0 Å². The van der Waals surface area contributed by atoms with E-state index in [-0.39, 0.29) is 5.28 Å². The van der Waals surface area contributed by atoms with Gasteiger partial charge >= 0.3 is 0 Å². The predicted molar refractivity (Wildman–Crippen MR) is 79.0 cm³/mol. The summed E-state index contributed by atoms with van der Waals surface area (Å²) >= 11 is 5.80. The molecule has 0 atom stereocenters. The number of benzene rings is 1. The van der Waals surface area contributed by atoms with E-state index in [4.69, 9.17) is 17.3 Å². The van der Waals surface area contributed by atoms with Gasteiger partial charge in [0.25, 0.3) is 0 Å². The van der Waals surface area contributed by atoms with Crippen LogP contribution in [0.1, 0.15) is 5.56 Å². The number of nitrogen functional groups attached to an aromatic ring is 1. The first-order chi connectivity index (χ1) is 9.65. The van der Waals surface area contributed by atoms with Crippen LogP contribution in [-0.4, -0.2) is 19.9 Å². The highest BCUT2D eigenvalue weighted by Crippen LogP contribution is 2.29. The van der Waals surface area contributed by atoms with Gasteiger partial charge in [-0.3, -0.25) is 9.97 Å². The molecule has 0 amide bonds. The quantitative estimate of drug-likeness (QED) is 0.556. The van der Waals surface area contributed by atoms with Gasteiger partial charge in [0.15, 0.2) is 0 Å². The molecule has 0 saturated heterocycles. The molecule has 3 rings (SSSR count). The first-order valence-electron chi connectivity index (χ1n) is 5.90. The van der Waals surface area contributed by atoms with Gasteiger partial charge in [-0.2, -0.15) is 0 Å². The van der Waals surface area contributed by atoms with Crippen molar-refractivity contribution in [1.29, 1.82) is 0 Å². The second-order valence-corrected chi connectivity index (χ2v) is 4.58. The van der Waals surface area contributed by atoms with Gasteiger partial charge < -0.3 is 11.1 Å². The van der Waals surface area contributed by atoms with E-state index in [9.17, 15) is 0 Å². The van der Waals surface area contributed by atoms with Gasteiger partial charge in [0.2, 0.25) is 5.28 Å². The standard InChI is InChI=1S/C13H11ClN6/c1-7-6-18-13(14)20-12(7)19-8-2-3-9-11(10(8)15)17-5-4-16-9/h2-6H,15H2,1H3,(H,18,19,20). The van der Waals surface area contributed by atoms with Crippen molar-refractivity contribution in [3.8, 4) is 0 Å². The van der Waals surface area contributed by atoms with Crippen molar-refractivity contribution in [1.82, 2.24) is 19.9 Å². The van der Waals surface area contributed by atoms with Crippen LogP contribution in [0, 0.1) is 6.92 Å². The molecule has 100 valence electrons. The Morgan fingerprint density at radius 1 is 1.15 bits per heavy atom. The molecule has 0 aliphatic carbocycles. The van der Waals surface area contributed by atoms with Crippen molar-refractivity contribution in [3.05, 3.63) is 41.6 Å². The van der Waals surface area contributed by atoms with E-state index in [0.717, 1.165) is 11.1 Å². The summed E-state index contributed by atoms with van der Waals surface area (Å²) in [7, 11) is 0. The summed E-state index contributed by atoms with van der Waals surface area (Å²) in [5.74, 6) is 0.611. The van der Waals surface area contributed by atoms with Gasteiger partial charge in [-0.15, -0.1) is 0 Å². The molecule has 0 bridgehead atoms. The first-order valence-corrected chi connectivity index (χ1v) is 6.28. The van der Waals surface area contributed by atoms with Crippen LogP contribution >= 0.6 is 11.6 Å². The molecule has 7 heteroatoms. The summed E-state index contributed by atoms with van der Waals surface area (Å²) in [6, 6.07) is 3.68. The summed E-state index contributed by atoms with van der Waals surface area (Å²) < 4.78 is 0. The number of hydrogen-bond donors (Lipinski definition) is 2. The van der Waals surface area contributed by atoms with Crippen LogP contribution in [0.15, 0.2) is 30.7 Å². The molecule has 2 heterocycles. The fraction of sp³-hybridized carbons (Fsp3) is 0.0769. The average Bonchev–Trinajstić information content (AvgIpc) is 2.46. The fourth-order valence-corrected chi connectivity index (χ4v) is 1.97. The predicted octanol–water partition coefficient (Wildman–Crippen LogP) is 2.71. The van der Waals surface area contributed by atoms with Gasteiger partial charge in [-0.05, 0) is 30.7 Å². The zero-order valence-electron chi connectivity index (χ0n) is 10.6. The number of hydrogen-bond acceptors (Lipinski definition) is 6. The number of aryl methyl sites for hydroxylation is 1. The lowest BCUT2D eigenvalue weighted by atomic mass is 10.2. The topological polar surface area (TPSA) is 89.6 Å². The number of fused-ring (bicyclic) bond motifs is 1. The molecule has 0 aliphatic heterocycles. The Morgan fingerprint density at radius 3 is 2.80 bits per heavy atom. The minimum Gasteiger partial charge on any atom is -0.395 e. The van der Waals surface area contributed by atoms with Crippen molar-refractivity contribution in [2.45, 2.75) is 6.92 Å². The third kappa shape index (κ3) is 2.21. The Kier molecular flexibility index (Phi) is 3.08. The van der Waals surface area contributed by atoms with Gasteiger partial charge in [-0.25, -0.2) is 9.97 Å². The number of anilines is 3. The molecule has 3 aromatic rings. The number of nitrogens with zero attached hydrogens (tertiary/aromatic N) is 4.